The van der Waals surface area contributed by atoms with E-state index in [2.05, 4.69) is 0 Å². The Balaban J connectivity index is 2.74. The van der Waals surface area contributed by atoms with Gasteiger partial charge in [-0.1, -0.05) is 6.92 Å². The van der Waals surface area contributed by atoms with E-state index in [0.29, 0.717) is 9.88 Å². The van der Waals surface area contributed by atoms with Crippen LogP contribution in [0.25, 0.3) is 0 Å². The zero-order valence-electron chi connectivity index (χ0n) is 8.66. The number of thiophene rings is 1. The van der Waals surface area contributed by atoms with Crippen LogP contribution in [0.1, 0.15) is 35.5 Å². The van der Waals surface area contributed by atoms with E-state index in [1.807, 2.05) is 20.8 Å². The highest BCUT2D eigenvalue weighted by Crippen LogP contribution is 2.24. The summed E-state index contributed by atoms with van der Waals surface area (Å²) in [5, 5.41) is 0.651. The number of aryl methyl sites for hydroxylation is 1. The van der Waals surface area contributed by atoms with Gasteiger partial charge < -0.3 is 10.5 Å². The maximum absolute atomic E-state index is 11.6. The van der Waals surface area contributed by atoms with Crippen LogP contribution in [0.3, 0.4) is 0 Å². The molecule has 0 bridgehead atoms. The van der Waals surface area contributed by atoms with Gasteiger partial charge in [0.1, 0.15) is 4.88 Å². The number of nitrogen functional groups attached to an aromatic ring is 1. The lowest BCUT2D eigenvalue weighted by Gasteiger charge is -2.09. The summed E-state index contributed by atoms with van der Waals surface area (Å²) < 4.78 is 5.20. The van der Waals surface area contributed by atoms with Gasteiger partial charge >= 0.3 is 5.97 Å². The van der Waals surface area contributed by atoms with Crippen molar-refractivity contribution < 1.29 is 9.53 Å². The van der Waals surface area contributed by atoms with E-state index >= 15 is 0 Å². The van der Waals surface area contributed by atoms with Crippen molar-refractivity contribution in [1.82, 2.24) is 0 Å². The van der Waals surface area contributed by atoms with E-state index < -0.39 is 0 Å². The quantitative estimate of drug-likeness (QED) is 0.785. The normalized spacial score (nSPS) is 12.5. The van der Waals surface area contributed by atoms with Crippen LogP contribution in [0.5, 0.6) is 0 Å². The van der Waals surface area contributed by atoms with Crippen molar-refractivity contribution in [2.75, 3.05) is 5.73 Å². The smallest absolute Gasteiger partial charge is 0.348 e. The molecule has 78 valence electrons. The van der Waals surface area contributed by atoms with Crippen LogP contribution >= 0.6 is 11.3 Å². The molecule has 0 saturated heterocycles. The van der Waals surface area contributed by atoms with Crippen LogP contribution in [0.15, 0.2) is 6.07 Å². The number of hydrogen-bond acceptors (Lipinski definition) is 4. The minimum Gasteiger partial charge on any atom is -0.458 e. The summed E-state index contributed by atoms with van der Waals surface area (Å²) in [6.45, 7) is 5.72. The molecule has 3 nitrogen and oxygen atoms in total. The second kappa shape index (κ2) is 4.46. The number of rotatable bonds is 3. The summed E-state index contributed by atoms with van der Waals surface area (Å²) in [5.74, 6) is -0.265. The monoisotopic (exact) mass is 213 g/mol. The molecule has 1 heterocycles. The molecular formula is C10H15NO2S. The van der Waals surface area contributed by atoms with E-state index in [9.17, 15) is 4.79 Å². The van der Waals surface area contributed by atoms with Crippen LogP contribution in [0.2, 0.25) is 0 Å². The first-order valence-corrected chi connectivity index (χ1v) is 5.43. The van der Waals surface area contributed by atoms with Crippen molar-refractivity contribution in [2.24, 2.45) is 0 Å². The Hall–Kier alpha value is -1.03. The number of carbonyl (C=O) groups is 1. The molecular weight excluding hydrogens is 198 g/mol. The fourth-order valence-corrected chi connectivity index (χ4v) is 1.85. The fourth-order valence-electron chi connectivity index (χ4n) is 1.03. The van der Waals surface area contributed by atoms with Crippen molar-refractivity contribution in [1.29, 1.82) is 0 Å². The van der Waals surface area contributed by atoms with Crippen molar-refractivity contribution >= 4 is 22.3 Å². The SMILES string of the molecule is CCC(C)OC(=O)c1sc(N)cc1C. The Labute approximate surface area is 87.9 Å². The first-order chi connectivity index (χ1) is 6.54. The molecule has 2 N–H and O–H groups in total. The topological polar surface area (TPSA) is 52.3 Å². The summed E-state index contributed by atoms with van der Waals surface area (Å²) >= 11 is 1.28. The van der Waals surface area contributed by atoms with Crippen LogP contribution in [-0.4, -0.2) is 12.1 Å². The Morgan fingerprint density at radius 2 is 2.36 bits per heavy atom. The van der Waals surface area contributed by atoms with Gasteiger partial charge in [0.15, 0.2) is 0 Å². The molecule has 0 saturated carbocycles. The molecule has 1 rings (SSSR count). The minimum atomic E-state index is -0.265. The zero-order chi connectivity index (χ0) is 10.7. The summed E-state index contributed by atoms with van der Waals surface area (Å²) in [5.41, 5.74) is 6.48. The third kappa shape index (κ3) is 2.48. The van der Waals surface area contributed by atoms with Gasteiger partial charge in [0.25, 0.3) is 0 Å². The molecule has 4 heteroatoms. The van der Waals surface area contributed by atoms with E-state index in [1.165, 1.54) is 11.3 Å². The first kappa shape index (κ1) is 11.0. The highest BCUT2D eigenvalue weighted by molar-refractivity contribution is 7.17. The van der Waals surface area contributed by atoms with E-state index in [1.54, 1.807) is 6.07 Å². The molecule has 0 radical (unpaired) electrons. The Bertz CT molecular complexity index is 333. The highest BCUT2D eigenvalue weighted by atomic mass is 32.1. The summed E-state index contributed by atoms with van der Waals surface area (Å²) in [4.78, 5) is 12.2. The number of hydrogen-bond donors (Lipinski definition) is 1. The Morgan fingerprint density at radius 1 is 1.71 bits per heavy atom. The second-order valence-electron chi connectivity index (χ2n) is 3.29. The van der Waals surface area contributed by atoms with E-state index in [4.69, 9.17) is 10.5 Å². The van der Waals surface area contributed by atoms with Gasteiger partial charge in [-0.15, -0.1) is 11.3 Å². The van der Waals surface area contributed by atoms with Crippen molar-refractivity contribution in [2.45, 2.75) is 33.3 Å². The van der Waals surface area contributed by atoms with Crippen LogP contribution < -0.4 is 5.73 Å². The van der Waals surface area contributed by atoms with Gasteiger partial charge in [-0.2, -0.15) is 0 Å². The number of anilines is 1. The lowest BCUT2D eigenvalue weighted by Crippen LogP contribution is -2.13. The molecule has 1 unspecified atom stereocenters. The van der Waals surface area contributed by atoms with Crippen LogP contribution in [0.4, 0.5) is 5.00 Å². The summed E-state index contributed by atoms with van der Waals surface area (Å²) in [6.07, 6.45) is 0.788. The van der Waals surface area contributed by atoms with E-state index in [0.717, 1.165) is 12.0 Å². The lowest BCUT2D eigenvalue weighted by molar-refractivity contribution is 0.0339. The van der Waals surface area contributed by atoms with Crippen LogP contribution in [-0.2, 0) is 4.74 Å². The van der Waals surface area contributed by atoms with Gasteiger partial charge in [0, 0.05) is 0 Å². The average molecular weight is 213 g/mol. The average Bonchev–Trinajstić information content (AvgIpc) is 2.45. The molecule has 0 amide bonds. The number of esters is 1. The second-order valence-corrected chi connectivity index (χ2v) is 4.37. The molecule has 0 aliphatic heterocycles. The predicted molar refractivity (Wildman–Crippen MR) is 58.6 cm³/mol. The van der Waals surface area contributed by atoms with Crippen molar-refractivity contribution in [3.63, 3.8) is 0 Å². The van der Waals surface area contributed by atoms with Crippen LogP contribution in [0, 0.1) is 6.92 Å². The molecule has 0 fully saturated rings. The third-order valence-corrected chi connectivity index (χ3v) is 3.05. The molecule has 0 aliphatic rings. The van der Waals surface area contributed by atoms with Gasteiger partial charge in [-0.3, -0.25) is 0 Å². The molecule has 0 spiro atoms. The summed E-state index contributed by atoms with van der Waals surface area (Å²) in [7, 11) is 0. The standard InChI is InChI=1S/C10H15NO2S/c1-4-7(3)13-10(12)9-6(2)5-8(11)14-9/h5,7H,4,11H2,1-3H3. The molecule has 0 aliphatic carbocycles. The molecule has 1 aromatic rings. The highest BCUT2D eigenvalue weighted by Gasteiger charge is 2.15. The van der Waals surface area contributed by atoms with Gasteiger partial charge in [-0.25, -0.2) is 4.79 Å². The van der Waals surface area contributed by atoms with Crippen molar-refractivity contribution in [3.8, 4) is 0 Å². The number of ether oxygens (including phenoxy) is 1. The molecule has 0 aromatic carbocycles. The maximum Gasteiger partial charge on any atom is 0.348 e. The summed E-state index contributed by atoms with van der Waals surface area (Å²) in [6, 6.07) is 1.79. The van der Waals surface area contributed by atoms with Gasteiger partial charge in [0.2, 0.25) is 0 Å². The molecule has 1 atom stereocenters. The largest absolute Gasteiger partial charge is 0.458 e. The molecule has 14 heavy (non-hydrogen) atoms. The van der Waals surface area contributed by atoms with Crippen molar-refractivity contribution in [3.05, 3.63) is 16.5 Å². The molecule has 1 aromatic heterocycles. The predicted octanol–water partition coefficient (Wildman–Crippen LogP) is 2.59. The van der Waals surface area contributed by atoms with Gasteiger partial charge in [-0.05, 0) is 31.9 Å². The Kier molecular flexibility index (Phi) is 3.52. The lowest BCUT2D eigenvalue weighted by atomic mass is 10.3. The van der Waals surface area contributed by atoms with Gasteiger partial charge in [0.05, 0.1) is 11.1 Å². The number of carbonyl (C=O) groups excluding carboxylic acids is 1. The zero-order valence-corrected chi connectivity index (χ0v) is 9.48. The first-order valence-electron chi connectivity index (χ1n) is 4.61. The number of nitrogens with two attached hydrogens (primary N) is 1. The minimum absolute atomic E-state index is 0.0368. The maximum atomic E-state index is 11.6. The Morgan fingerprint density at radius 3 is 2.79 bits per heavy atom. The fraction of sp³-hybridized carbons (Fsp3) is 0.500. The van der Waals surface area contributed by atoms with E-state index in [-0.39, 0.29) is 12.1 Å². The third-order valence-electron chi connectivity index (χ3n) is 2.01.